The molecule has 0 spiro atoms. The summed E-state index contributed by atoms with van der Waals surface area (Å²) in [7, 11) is 3.10. The number of rotatable bonds is 6. The van der Waals surface area contributed by atoms with Gasteiger partial charge in [-0.1, -0.05) is 18.2 Å². The highest BCUT2D eigenvalue weighted by molar-refractivity contribution is 9.10. The van der Waals surface area contributed by atoms with Gasteiger partial charge in [0.15, 0.2) is 17.3 Å². The second-order valence-electron chi connectivity index (χ2n) is 10.1. The number of phenols is 1. The van der Waals surface area contributed by atoms with Crippen molar-refractivity contribution in [3.05, 3.63) is 74.5 Å². The topological polar surface area (TPSA) is 94.1 Å². The van der Waals surface area contributed by atoms with Crippen molar-refractivity contribution < 1.29 is 28.9 Å². The average molecular weight is 582 g/mol. The number of benzene rings is 2. The van der Waals surface area contributed by atoms with Gasteiger partial charge in [-0.2, -0.15) is 0 Å². The van der Waals surface area contributed by atoms with Gasteiger partial charge >= 0.3 is 5.97 Å². The third-order valence-corrected chi connectivity index (χ3v) is 8.41. The van der Waals surface area contributed by atoms with E-state index >= 15 is 0 Å². The van der Waals surface area contributed by atoms with Gasteiger partial charge in [0.05, 0.1) is 24.3 Å². The zero-order valence-electron chi connectivity index (χ0n) is 21.8. The third-order valence-electron chi connectivity index (χ3n) is 7.81. The largest absolute Gasteiger partial charge is 0.503 e. The summed E-state index contributed by atoms with van der Waals surface area (Å²) >= 11 is 3.41. The Morgan fingerprint density at radius 2 is 1.76 bits per heavy atom. The van der Waals surface area contributed by atoms with Crippen molar-refractivity contribution in [2.75, 3.05) is 14.2 Å². The quantitative estimate of drug-likeness (QED) is 0.403. The van der Waals surface area contributed by atoms with Crippen LogP contribution in [0.4, 0.5) is 0 Å². The number of aromatic hydroxyl groups is 1. The smallest absolute Gasteiger partial charge is 0.337 e. The SMILES string of the molecule is COc1ccccc1[C@@H]1CC(=O)C2=C(C1)NC(C)=C(C(=O)OC1CCCC1)[C@H]2c1cc(Br)c(O)c(OC)c1. The number of halogens is 1. The Hall–Kier alpha value is -3.26. The van der Waals surface area contributed by atoms with Crippen molar-refractivity contribution in [1.29, 1.82) is 0 Å². The first-order chi connectivity index (χ1) is 18.3. The van der Waals surface area contributed by atoms with E-state index in [0.29, 0.717) is 33.3 Å². The zero-order chi connectivity index (χ0) is 27.0. The molecule has 1 heterocycles. The van der Waals surface area contributed by atoms with Crippen LogP contribution in [-0.2, 0) is 14.3 Å². The number of nitrogens with one attached hydrogen (secondary N) is 1. The summed E-state index contributed by atoms with van der Waals surface area (Å²) < 4.78 is 17.3. The molecule has 3 aliphatic rings. The van der Waals surface area contributed by atoms with Crippen molar-refractivity contribution >= 4 is 27.7 Å². The Kier molecular flexibility index (Phi) is 7.52. The van der Waals surface area contributed by atoms with Gasteiger partial charge in [0.25, 0.3) is 0 Å². The highest BCUT2D eigenvalue weighted by Gasteiger charge is 2.42. The number of methoxy groups -OCH3 is 2. The molecule has 8 heteroatoms. The minimum atomic E-state index is -0.655. The van der Waals surface area contributed by atoms with Gasteiger partial charge in [0, 0.05) is 35.2 Å². The van der Waals surface area contributed by atoms with Crippen LogP contribution in [0.3, 0.4) is 0 Å². The second kappa shape index (κ2) is 10.8. The van der Waals surface area contributed by atoms with E-state index in [-0.39, 0.29) is 35.7 Å². The van der Waals surface area contributed by atoms with Crippen LogP contribution in [-0.4, -0.2) is 37.2 Å². The van der Waals surface area contributed by atoms with Crippen LogP contribution in [0.1, 0.15) is 68.4 Å². The molecule has 0 radical (unpaired) electrons. The maximum absolute atomic E-state index is 13.9. The van der Waals surface area contributed by atoms with Crippen LogP contribution in [0.25, 0.3) is 0 Å². The van der Waals surface area contributed by atoms with E-state index in [1.165, 1.54) is 7.11 Å². The highest BCUT2D eigenvalue weighted by atomic mass is 79.9. The average Bonchev–Trinajstić information content (AvgIpc) is 3.42. The molecule has 0 aromatic heterocycles. The molecule has 2 atom stereocenters. The minimum Gasteiger partial charge on any atom is -0.503 e. The second-order valence-corrected chi connectivity index (χ2v) is 11.0. The van der Waals surface area contributed by atoms with E-state index in [4.69, 9.17) is 14.2 Å². The maximum Gasteiger partial charge on any atom is 0.337 e. The summed E-state index contributed by atoms with van der Waals surface area (Å²) in [5.41, 5.74) is 4.07. The Labute approximate surface area is 231 Å². The molecule has 2 N–H and O–H groups in total. The number of hydrogen-bond donors (Lipinski definition) is 2. The van der Waals surface area contributed by atoms with E-state index in [0.717, 1.165) is 42.7 Å². The Morgan fingerprint density at radius 3 is 2.47 bits per heavy atom. The fourth-order valence-corrected chi connectivity index (χ4v) is 6.46. The van der Waals surface area contributed by atoms with Crippen molar-refractivity contribution in [3.63, 3.8) is 0 Å². The Morgan fingerprint density at radius 1 is 1.05 bits per heavy atom. The highest BCUT2D eigenvalue weighted by Crippen LogP contribution is 2.49. The van der Waals surface area contributed by atoms with Crippen molar-refractivity contribution in [3.8, 4) is 17.2 Å². The van der Waals surface area contributed by atoms with E-state index in [9.17, 15) is 14.7 Å². The van der Waals surface area contributed by atoms with Crippen molar-refractivity contribution in [2.24, 2.45) is 0 Å². The van der Waals surface area contributed by atoms with Gasteiger partial charge in [0.1, 0.15) is 11.9 Å². The lowest BCUT2D eigenvalue weighted by Gasteiger charge is -2.37. The summed E-state index contributed by atoms with van der Waals surface area (Å²) in [6, 6.07) is 11.2. The van der Waals surface area contributed by atoms with Crippen LogP contribution in [0, 0.1) is 0 Å². The fourth-order valence-electron chi connectivity index (χ4n) is 6.00. The number of Topliss-reactive ketones (excluding diaryl/α,β-unsaturated/α-hetero) is 1. The first-order valence-corrected chi connectivity index (χ1v) is 13.8. The van der Waals surface area contributed by atoms with Gasteiger partial charge in [-0.25, -0.2) is 4.79 Å². The molecule has 1 aliphatic heterocycles. The molecule has 0 unspecified atom stereocenters. The molecule has 0 bridgehead atoms. The Bertz CT molecular complexity index is 1340. The molecular formula is C30H32BrNO6. The molecule has 2 aromatic carbocycles. The molecule has 0 amide bonds. The van der Waals surface area contributed by atoms with Crippen molar-refractivity contribution in [2.45, 2.75) is 63.4 Å². The molecule has 2 aromatic rings. The fraction of sp³-hybridized carbons (Fsp3) is 0.400. The Balaban J connectivity index is 1.60. The van der Waals surface area contributed by atoms with E-state index in [1.807, 2.05) is 31.2 Å². The number of hydrogen-bond acceptors (Lipinski definition) is 7. The van der Waals surface area contributed by atoms with Crippen LogP contribution in [0.2, 0.25) is 0 Å². The van der Waals surface area contributed by atoms with Gasteiger partial charge in [-0.15, -0.1) is 0 Å². The van der Waals surface area contributed by atoms with Crippen molar-refractivity contribution in [1.82, 2.24) is 5.32 Å². The summed E-state index contributed by atoms with van der Waals surface area (Å²) in [4.78, 5) is 27.6. The van der Waals surface area contributed by atoms with Gasteiger partial charge in [-0.05, 0) is 84.3 Å². The number of dihydropyridines is 1. The molecule has 5 rings (SSSR count). The predicted octanol–water partition coefficient (Wildman–Crippen LogP) is 6.02. The van der Waals surface area contributed by atoms with Gasteiger partial charge < -0.3 is 24.6 Å². The van der Waals surface area contributed by atoms with Crippen LogP contribution in [0.5, 0.6) is 17.2 Å². The molecular weight excluding hydrogens is 550 g/mol. The molecule has 2 aliphatic carbocycles. The van der Waals surface area contributed by atoms with Gasteiger partial charge in [-0.3, -0.25) is 4.79 Å². The molecule has 7 nitrogen and oxygen atoms in total. The predicted molar refractivity (Wildman–Crippen MR) is 146 cm³/mol. The van der Waals surface area contributed by atoms with Crippen LogP contribution >= 0.6 is 15.9 Å². The van der Waals surface area contributed by atoms with E-state index < -0.39 is 11.9 Å². The standard InChI is InChI=1S/C30H32BrNO6/c1-16-26(30(35)38-19-8-4-5-9-19)27(18-12-21(31)29(34)25(15-18)37-3)28-22(32-16)13-17(14-23(28)33)20-10-6-7-11-24(20)36-2/h6-7,10-12,15,17,19,27,32,34H,4-5,8-9,13-14H2,1-3H3/t17-,27+/m0/s1. The minimum absolute atomic E-state index is 0.0403. The molecule has 200 valence electrons. The number of carbonyl (C=O) groups is 2. The lowest BCUT2D eigenvalue weighted by atomic mass is 9.71. The molecule has 38 heavy (non-hydrogen) atoms. The summed E-state index contributed by atoms with van der Waals surface area (Å²) in [6.45, 7) is 1.85. The summed E-state index contributed by atoms with van der Waals surface area (Å²) in [6.07, 6.45) is 4.55. The number of esters is 1. The lowest BCUT2D eigenvalue weighted by molar-refractivity contribution is -0.144. The number of phenolic OH excluding ortho intramolecular Hbond substituents is 1. The first kappa shape index (κ1) is 26.4. The van der Waals surface area contributed by atoms with E-state index in [2.05, 4.69) is 21.2 Å². The molecule has 1 saturated carbocycles. The number of allylic oxidation sites excluding steroid dienone is 3. The maximum atomic E-state index is 13.9. The molecule has 0 saturated heterocycles. The van der Waals surface area contributed by atoms with Gasteiger partial charge in [0.2, 0.25) is 0 Å². The zero-order valence-corrected chi connectivity index (χ0v) is 23.4. The number of ketones is 1. The summed E-state index contributed by atoms with van der Waals surface area (Å²) in [5.74, 6) is -0.207. The van der Waals surface area contributed by atoms with Crippen LogP contribution in [0.15, 0.2) is 63.4 Å². The van der Waals surface area contributed by atoms with E-state index in [1.54, 1.807) is 19.2 Å². The normalized spacial score (nSPS) is 21.7. The molecule has 1 fully saturated rings. The first-order valence-electron chi connectivity index (χ1n) is 13.0. The number of carbonyl (C=O) groups excluding carboxylic acids is 2. The number of para-hydroxylation sites is 1. The number of ether oxygens (including phenoxy) is 3. The lowest BCUT2D eigenvalue weighted by Crippen LogP contribution is -2.36. The third kappa shape index (κ3) is 4.82. The van der Waals surface area contributed by atoms with Crippen LogP contribution < -0.4 is 14.8 Å². The summed E-state index contributed by atoms with van der Waals surface area (Å²) in [5, 5.41) is 13.9. The monoisotopic (exact) mass is 581 g/mol.